The SMILES string of the molecule is COc1c(F)cc(Cl)c(F)c1-c1ncccc1C(=O)OC(C)(C)C. The predicted molar refractivity (Wildman–Crippen MR) is 86.3 cm³/mol. The van der Waals surface area contributed by atoms with E-state index in [1.807, 2.05) is 0 Å². The minimum atomic E-state index is -0.932. The smallest absolute Gasteiger partial charge is 0.340 e. The fourth-order valence-electron chi connectivity index (χ4n) is 2.09. The van der Waals surface area contributed by atoms with Gasteiger partial charge in [0.05, 0.1) is 29.0 Å². The van der Waals surface area contributed by atoms with Gasteiger partial charge in [-0.3, -0.25) is 4.98 Å². The number of nitrogens with zero attached hydrogens (tertiary/aromatic N) is 1. The highest BCUT2D eigenvalue weighted by atomic mass is 35.5. The number of hydrogen-bond acceptors (Lipinski definition) is 4. The first kappa shape index (κ1) is 18.1. The van der Waals surface area contributed by atoms with Gasteiger partial charge in [-0.05, 0) is 39.0 Å². The second-order valence-corrected chi connectivity index (χ2v) is 6.37. The molecule has 0 N–H and O–H groups in total. The number of benzene rings is 1. The molecular formula is C17H16ClF2NO3. The van der Waals surface area contributed by atoms with Gasteiger partial charge in [0.2, 0.25) is 0 Å². The Balaban J connectivity index is 2.70. The van der Waals surface area contributed by atoms with Crippen molar-refractivity contribution >= 4 is 17.6 Å². The van der Waals surface area contributed by atoms with Crippen LogP contribution in [-0.2, 0) is 4.74 Å². The summed E-state index contributed by atoms with van der Waals surface area (Å²) in [6.45, 7) is 5.09. The molecule has 0 aliphatic rings. The van der Waals surface area contributed by atoms with Crippen molar-refractivity contribution in [1.82, 2.24) is 4.98 Å². The van der Waals surface area contributed by atoms with Crippen molar-refractivity contribution in [1.29, 1.82) is 0 Å². The molecule has 128 valence electrons. The van der Waals surface area contributed by atoms with E-state index in [1.165, 1.54) is 25.4 Å². The third-order valence-corrected chi connectivity index (χ3v) is 3.27. The normalized spacial score (nSPS) is 11.3. The number of esters is 1. The Hall–Kier alpha value is -2.21. The molecule has 0 radical (unpaired) electrons. The Kier molecular flexibility index (Phi) is 5.08. The van der Waals surface area contributed by atoms with Crippen molar-refractivity contribution in [2.75, 3.05) is 7.11 Å². The lowest BCUT2D eigenvalue weighted by atomic mass is 10.0. The lowest BCUT2D eigenvalue weighted by molar-refractivity contribution is 0.00701. The summed E-state index contributed by atoms with van der Waals surface area (Å²) in [7, 11) is 1.19. The molecule has 4 nitrogen and oxygen atoms in total. The lowest BCUT2D eigenvalue weighted by Gasteiger charge is -2.20. The molecule has 0 saturated carbocycles. The molecule has 1 aromatic heterocycles. The second kappa shape index (κ2) is 6.73. The quantitative estimate of drug-likeness (QED) is 0.594. The summed E-state index contributed by atoms with van der Waals surface area (Å²) in [6.07, 6.45) is 1.35. The van der Waals surface area contributed by atoms with Gasteiger partial charge < -0.3 is 9.47 Å². The summed E-state index contributed by atoms with van der Waals surface area (Å²) in [5.74, 6) is -2.90. The second-order valence-electron chi connectivity index (χ2n) is 5.96. The average molecular weight is 356 g/mol. The standard InChI is InChI=1S/C17H16ClF2NO3/c1-17(2,3)24-16(22)9-6-5-7-21-14(9)12-13(20)10(18)8-11(19)15(12)23-4/h5-8H,1-4H3. The van der Waals surface area contributed by atoms with Crippen molar-refractivity contribution in [2.24, 2.45) is 0 Å². The van der Waals surface area contributed by atoms with Gasteiger partial charge >= 0.3 is 5.97 Å². The molecule has 1 heterocycles. The number of carbonyl (C=O) groups excluding carboxylic acids is 1. The van der Waals surface area contributed by atoms with E-state index in [-0.39, 0.29) is 22.6 Å². The summed E-state index contributed by atoms with van der Waals surface area (Å²) in [6, 6.07) is 3.71. The van der Waals surface area contributed by atoms with Crippen LogP contribution in [-0.4, -0.2) is 23.7 Å². The first-order valence-electron chi connectivity index (χ1n) is 7.06. The van der Waals surface area contributed by atoms with Crippen LogP contribution in [0.4, 0.5) is 8.78 Å². The molecule has 0 fully saturated rings. The first-order chi connectivity index (χ1) is 11.2. The summed E-state index contributed by atoms with van der Waals surface area (Å²) in [4.78, 5) is 16.4. The number of rotatable bonds is 3. The summed E-state index contributed by atoms with van der Waals surface area (Å²) >= 11 is 5.72. The average Bonchev–Trinajstić information content (AvgIpc) is 2.49. The maximum atomic E-state index is 14.5. The monoisotopic (exact) mass is 355 g/mol. The zero-order chi connectivity index (χ0) is 18.1. The van der Waals surface area contributed by atoms with E-state index in [2.05, 4.69) is 4.98 Å². The highest BCUT2D eigenvalue weighted by Crippen LogP contribution is 2.39. The third-order valence-electron chi connectivity index (χ3n) is 2.99. The Morgan fingerprint density at radius 3 is 2.54 bits per heavy atom. The van der Waals surface area contributed by atoms with Crippen molar-refractivity contribution in [3.05, 3.63) is 46.6 Å². The fourth-order valence-corrected chi connectivity index (χ4v) is 2.28. The Bertz CT molecular complexity index is 788. The summed E-state index contributed by atoms with van der Waals surface area (Å²) < 4.78 is 38.8. The van der Waals surface area contributed by atoms with E-state index >= 15 is 0 Å². The number of halogens is 3. The number of ether oxygens (including phenoxy) is 2. The van der Waals surface area contributed by atoms with E-state index in [9.17, 15) is 13.6 Å². The summed E-state index contributed by atoms with van der Waals surface area (Å²) in [5, 5.41) is -0.441. The van der Waals surface area contributed by atoms with Gasteiger partial charge in [0, 0.05) is 6.20 Å². The van der Waals surface area contributed by atoms with Crippen LogP contribution in [0.15, 0.2) is 24.4 Å². The van der Waals surface area contributed by atoms with Crippen molar-refractivity contribution in [3.63, 3.8) is 0 Å². The van der Waals surface area contributed by atoms with Gasteiger partial charge in [-0.2, -0.15) is 0 Å². The number of carbonyl (C=O) groups is 1. The van der Waals surface area contributed by atoms with Crippen LogP contribution in [0.25, 0.3) is 11.3 Å². The maximum absolute atomic E-state index is 14.5. The molecule has 0 aliphatic carbocycles. The Labute approximate surface area is 143 Å². The zero-order valence-corrected chi connectivity index (χ0v) is 14.4. The molecule has 0 amide bonds. The zero-order valence-electron chi connectivity index (χ0n) is 13.6. The van der Waals surface area contributed by atoms with Gasteiger partial charge in [0.25, 0.3) is 0 Å². The van der Waals surface area contributed by atoms with Crippen LogP contribution in [0.3, 0.4) is 0 Å². The molecule has 7 heteroatoms. The molecule has 2 aromatic rings. The van der Waals surface area contributed by atoms with Crippen LogP contribution in [0.2, 0.25) is 5.02 Å². The molecule has 0 unspecified atom stereocenters. The van der Waals surface area contributed by atoms with Crippen LogP contribution in [0.5, 0.6) is 5.75 Å². The van der Waals surface area contributed by atoms with Crippen LogP contribution >= 0.6 is 11.6 Å². The van der Waals surface area contributed by atoms with Crippen LogP contribution in [0, 0.1) is 11.6 Å². The van der Waals surface area contributed by atoms with E-state index in [0.717, 1.165) is 6.07 Å². The van der Waals surface area contributed by atoms with E-state index in [4.69, 9.17) is 21.1 Å². The van der Waals surface area contributed by atoms with Gasteiger partial charge in [-0.25, -0.2) is 13.6 Å². The minimum absolute atomic E-state index is 0.0220. The number of hydrogen-bond donors (Lipinski definition) is 0. The lowest BCUT2D eigenvalue weighted by Crippen LogP contribution is -2.24. The number of aromatic nitrogens is 1. The molecule has 0 saturated heterocycles. The Morgan fingerprint density at radius 2 is 1.96 bits per heavy atom. The molecule has 2 rings (SSSR count). The third kappa shape index (κ3) is 3.64. The van der Waals surface area contributed by atoms with Crippen molar-refractivity contribution in [2.45, 2.75) is 26.4 Å². The topological polar surface area (TPSA) is 48.4 Å². The van der Waals surface area contributed by atoms with Crippen LogP contribution < -0.4 is 4.74 Å². The van der Waals surface area contributed by atoms with E-state index in [1.54, 1.807) is 20.8 Å². The number of methoxy groups -OCH3 is 1. The van der Waals surface area contributed by atoms with E-state index in [0.29, 0.717) is 0 Å². The Morgan fingerprint density at radius 1 is 1.29 bits per heavy atom. The number of pyridine rings is 1. The van der Waals surface area contributed by atoms with Crippen molar-refractivity contribution < 1.29 is 23.0 Å². The van der Waals surface area contributed by atoms with Crippen LogP contribution in [0.1, 0.15) is 31.1 Å². The molecule has 0 spiro atoms. The highest BCUT2D eigenvalue weighted by Gasteiger charge is 2.27. The van der Waals surface area contributed by atoms with Crippen molar-refractivity contribution in [3.8, 4) is 17.0 Å². The largest absolute Gasteiger partial charge is 0.493 e. The molecule has 24 heavy (non-hydrogen) atoms. The van der Waals surface area contributed by atoms with Gasteiger partial charge in [-0.15, -0.1) is 0 Å². The molecule has 0 aliphatic heterocycles. The highest BCUT2D eigenvalue weighted by molar-refractivity contribution is 6.31. The first-order valence-corrected chi connectivity index (χ1v) is 7.43. The molecule has 1 aromatic carbocycles. The maximum Gasteiger partial charge on any atom is 0.340 e. The van der Waals surface area contributed by atoms with Gasteiger partial charge in [0.1, 0.15) is 5.60 Å². The fraction of sp³-hybridized carbons (Fsp3) is 0.294. The van der Waals surface area contributed by atoms with Gasteiger partial charge in [-0.1, -0.05) is 11.6 Å². The van der Waals surface area contributed by atoms with E-state index < -0.39 is 28.2 Å². The molecular weight excluding hydrogens is 340 g/mol. The molecule has 0 bridgehead atoms. The minimum Gasteiger partial charge on any atom is -0.493 e. The molecule has 0 atom stereocenters. The summed E-state index contributed by atoms with van der Waals surface area (Å²) in [5.41, 5.74) is -1.22. The predicted octanol–water partition coefficient (Wildman–Crippen LogP) is 4.64. The van der Waals surface area contributed by atoms with Gasteiger partial charge in [0.15, 0.2) is 17.4 Å².